The zero-order valence-electron chi connectivity index (χ0n) is 15.5. The maximum Gasteiger partial charge on any atom is 0.191 e. The number of hydrogen-bond acceptors (Lipinski definition) is 4. The van der Waals surface area contributed by atoms with Crippen molar-refractivity contribution in [3.63, 3.8) is 0 Å². The van der Waals surface area contributed by atoms with Gasteiger partial charge in [0.2, 0.25) is 0 Å². The zero-order chi connectivity index (χ0) is 17.4. The third-order valence-corrected chi connectivity index (χ3v) is 4.30. The molecule has 1 saturated heterocycles. The summed E-state index contributed by atoms with van der Waals surface area (Å²) in [5.74, 6) is 0.878. The number of aryl methyl sites for hydroxylation is 1. The average molecular weight is 336 g/mol. The molecule has 0 aromatic carbocycles. The fraction of sp³-hybridized carbons (Fsp3) is 0.765. The summed E-state index contributed by atoms with van der Waals surface area (Å²) in [5.41, 5.74) is 1.27. The second kappa shape index (κ2) is 9.03. The Balaban J connectivity index is 1.84. The third kappa shape index (κ3) is 5.79. The number of rotatable bonds is 7. The average Bonchev–Trinajstić information content (AvgIpc) is 2.99. The number of guanidine groups is 1. The van der Waals surface area contributed by atoms with Crippen LogP contribution in [-0.2, 0) is 18.2 Å². The van der Waals surface area contributed by atoms with E-state index in [2.05, 4.69) is 41.4 Å². The summed E-state index contributed by atoms with van der Waals surface area (Å²) in [5, 5.41) is 10.9. The lowest BCUT2D eigenvalue weighted by atomic mass is 10.0. The first kappa shape index (κ1) is 18.7. The maximum absolute atomic E-state index is 5.45. The number of nitrogens with zero attached hydrogens (tertiary/aromatic N) is 4. The van der Waals surface area contributed by atoms with E-state index in [1.807, 2.05) is 24.1 Å². The van der Waals surface area contributed by atoms with Crippen molar-refractivity contribution in [1.29, 1.82) is 0 Å². The van der Waals surface area contributed by atoms with E-state index in [9.17, 15) is 0 Å². The molecule has 0 aliphatic carbocycles. The van der Waals surface area contributed by atoms with Gasteiger partial charge in [-0.2, -0.15) is 5.10 Å². The minimum atomic E-state index is 0.0372. The van der Waals surface area contributed by atoms with Crippen LogP contribution in [0.5, 0.6) is 0 Å². The highest BCUT2D eigenvalue weighted by molar-refractivity contribution is 5.79. The molecule has 0 atom stereocenters. The van der Waals surface area contributed by atoms with Crippen molar-refractivity contribution in [3.8, 4) is 0 Å². The summed E-state index contributed by atoms with van der Waals surface area (Å²) >= 11 is 0. The van der Waals surface area contributed by atoms with E-state index in [1.165, 1.54) is 5.56 Å². The third-order valence-electron chi connectivity index (χ3n) is 4.30. The molecular formula is C17H32N6O. The Morgan fingerprint density at radius 3 is 2.71 bits per heavy atom. The predicted octanol–water partition coefficient (Wildman–Crippen LogP) is 0.629. The van der Waals surface area contributed by atoms with Crippen molar-refractivity contribution < 1.29 is 4.74 Å². The van der Waals surface area contributed by atoms with E-state index in [0.717, 1.165) is 58.3 Å². The molecule has 0 radical (unpaired) electrons. The molecule has 2 N–H and O–H groups in total. The first-order valence-electron chi connectivity index (χ1n) is 8.84. The van der Waals surface area contributed by atoms with E-state index >= 15 is 0 Å². The second-order valence-electron chi connectivity index (χ2n) is 6.81. The fourth-order valence-electron chi connectivity index (χ4n) is 2.81. The molecule has 136 valence electrons. The molecule has 1 aliphatic rings. The van der Waals surface area contributed by atoms with Crippen LogP contribution in [0, 0.1) is 0 Å². The van der Waals surface area contributed by atoms with Crippen molar-refractivity contribution in [1.82, 2.24) is 25.3 Å². The Labute approximate surface area is 145 Å². The molecule has 1 aromatic rings. The summed E-state index contributed by atoms with van der Waals surface area (Å²) in [7, 11) is 1.94. The summed E-state index contributed by atoms with van der Waals surface area (Å²) < 4.78 is 7.28. The number of hydrogen-bond donors (Lipinski definition) is 2. The largest absolute Gasteiger partial charge is 0.379 e. The number of aromatic nitrogens is 2. The minimum Gasteiger partial charge on any atom is -0.379 e. The quantitative estimate of drug-likeness (QED) is 0.565. The van der Waals surface area contributed by atoms with Crippen LogP contribution in [0.2, 0.25) is 0 Å². The van der Waals surface area contributed by atoms with Gasteiger partial charge < -0.3 is 15.4 Å². The van der Waals surface area contributed by atoms with Crippen LogP contribution in [0.3, 0.4) is 0 Å². The van der Waals surface area contributed by atoms with E-state index < -0.39 is 0 Å². The monoisotopic (exact) mass is 336 g/mol. The topological polar surface area (TPSA) is 66.7 Å². The smallest absolute Gasteiger partial charge is 0.191 e. The zero-order valence-corrected chi connectivity index (χ0v) is 15.5. The lowest BCUT2D eigenvalue weighted by molar-refractivity contribution is -0.00683. The highest BCUT2D eigenvalue weighted by Gasteiger charge is 2.28. The first-order chi connectivity index (χ1) is 11.5. The molecule has 1 aliphatic heterocycles. The Morgan fingerprint density at radius 1 is 1.33 bits per heavy atom. The number of ether oxygens (including phenoxy) is 1. The Bertz CT molecular complexity index is 519. The van der Waals surface area contributed by atoms with Gasteiger partial charge in [-0.25, -0.2) is 0 Å². The number of morpholine rings is 1. The van der Waals surface area contributed by atoms with E-state index in [4.69, 9.17) is 9.73 Å². The molecule has 24 heavy (non-hydrogen) atoms. The van der Waals surface area contributed by atoms with Crippen molar-refractivity contribution in [2.24, 2.45) is 12.0 Å². The first-order valence-corrected chi connectivity index (χ1v) is 8.84. The Kier molecular flexibility index (Phi) is 7.05. The van der Waals surface area contributed by atoms with Crippen LogP contribution >= 0.6 is 0 Å². The van der Waals surface area contributed by atoms with Crippen molar-refractivity contribution in [3.05, 3.63) is 18.0 Å². The van der Waals surface area contributed by atoms with Gasteiger partial charge in [-0.15, -0.1) is 0 Å². The molecule has 2 heterocycles. The van der Waals surface area contributed by atoms with Crippen molar-refractivity contribution in [2.45, 2.75) is 32.7 Å². The van der Waals surface area contributed by atoms with E-state index in [-0.39, 0.29) is 5.54 Å². The van der Waals surface area contributed by atoms with Crippen LogP contribution in [0.4, 0.5) is 0 Å². The SMILES string of the molecule is CCNC(=NCC(C)(C)N1CCOCC1)NCCc1cnn(C)c1. The lowest BCUT2D eigenvalue weighted by Gasteiger charge is -2.39. The van der Waals surface area contributed by atoms with Gasteiger partial charge in [-0.05, 0) is 32.8 Å². The molecule has 1 fully saturated rings. The van der Waals surface area contributed by atoms with Gasteiger partial charge in [0.25, 0.3) is 0 Å². The Hall–Kier alpha value is -1.60. The van der Waals surface area contributed by atoms with Gasteiger partial charge in [-0.3, -0.25) is 14.6 Å². The van der Waals surface area contributed by atoms with Gasteiger partial charge in [-0.1, -0.05) is 0 Å². The molecule has 0 amide bonds. The molecule has 0 saturated carbocycles. The van der Waals surface area contributed by atoms with Gasteiger partial charge in [0.05, 0.1) is 26.0 Å². The summed E-state index contributed by atoms with van der Waals surface area (Å²) in [6.45, 7) is 12.6. The standard InChI is InChI=1S/C17H32N6O/c1-5-18-16(19-7-6-15-12-21-22(4)13-15)20-14-17(2,3)23-8-10-24-11-9-23/h12-13H,5-11,14H2,1-4H3,(H2,18,19,20). The van der Waals surface area contributed by atoms with Gasteiger partial charge in [0.1, 0.15) is 0 Å². The maximum atomic E-state index is 5.45. The molecule has 7 nitrogen and oxygen atoms in total. The van der Waals surface area contributed by atoms with Crippen LogP contribution in [0.25, 0.3) is 0 Å². The van der Waals surface area contributed by atoms with Crippen LogP contribution < -0.4 is 10.6 Å². The highest BCUT2D eigenvalue weighted by Crippen LogP contribution is 2.16. The fourth-order valence-corrected chi connectivity index (χ4v) is 2.81. The van der Waals surface area contributed by atoms with Gasteiger partial charge in [0, 0.05) is 45.0 Å². The molecular weight excluding hydrogens is 304 g/mol. The molecule has 0 bridgehead atoms. The van der Waals surface area contributed by atoms with Crippen LogP contribution in [-0.4, -0.2) is 72.1 Å². The molecule has 0 spiro atoms. The molecule has 2 rings (SSSR count). The minimum absolute atomic E-state index is 0.0372. The molecule has 1 aromatic heterocycles. The van der Waals surface area contributed by atoms with E-state index in [0.29, 0.717) is 0 Å². The molecule has 0 unspecified atom stereocenters. The predicted molar refractivity (Wildman–Crippen MR) is 97.4 cm³/mol. The van der Waals surface area contributed by atoms with Crippen molar-refractivity contribution >= 4 is 5.96 Å². The summed E-state index contributed by atoms with van der Waals surface area (Å²) in [4.78, 5) is 7.25. The summed E-state index contributed by atoms with van der Waals surface area (Å²) in [6, 6.07) is 0. The highest BCUT2D eigenvalue weighted by atomic mass is 16.5. The normalized spacial score (nSPS) is 17.1. The molecule has 7 heteroatoms. The van der Waals surface area contributed by atoms with E-state index in [1.54, 1.807) is 0 Å². The van der Waals surface area contributed by atoms with Crippen LogP contribution in [0.15, 0.2) is 17.4 Å². The van der Waals surface area contributed by atoms with Gasteiger partial charge >= 0.3 is 0 Å². The lowest BCUT2D eigenvalue weighted by Crippen LogP contribution is -2.52. The number of nitrogens with one attached hydrogen (secondary N) is 2. The second-order valence-corrected chi connectivity index (χ2v) is 6.81. The summed E-state index contributed by atoms with van der Waals surface area (Å²) in [6.07, 6.45) is 4.89. The number of aliphatic imine (C=N–C) groups is 1. The Morgan fingerprint density at radius 2 is 2.08 bits per heavy atom. The van der Waals surface area contributed by atoms with Gasteiger partial charge in [0.15, 0.2) is 5.96 Å². The van der Waals surface area contributed by atoms with Crippen molar-refractivity contribution in [2.75, 3.05) is 45.9 Å². The van der Waals surface area contributed by atoms with Crippen LogP contribution in [0.1, 0.15) is 26.3 Å².